The molecule has 0 aromatic heterocycles. The maximum absolute atomic E-state index is 6.20. The van der Waals surface area contributed by atoms with Gasteiger partial charge in [0.15, 0.2) is 0 Å². The van der Waals surface area contributed by atoms with Gasteiger partial charge in [-0.15, -0.1) is 11.8 Å². The molecule has 166 valence electrons. The zero-order chi connectivity index (χ0) is 21.0. The first-order chi connectivity index (χ1) is 15.3. The van der Waals surface area contributed by atoms with Gasteiger partial charge in [0, 0.05) is 43.0 Å². The van der Waals surface area contributed by atoms with Crippen molar-refractivity contribution < 1.29 is 9.47 Å². The molecule has 4 nitrogen and oxygen atoms in total. The summed E-state index contributed by atoms with van der Waals surface area (Å²) in [7, 11) is 0. The molecular formula is C26H34N2O2S. The monoisotopic (exact) mass is 438 g/mol. The molecule has 2 aromatic carbocycles. The molecule has 0 N–H and O–H groups in total. The van der Waals surface area contributed by atoms with Crippen LogP contribution in [0.4, 0.5) is 0 Å². The van der Waals surface area contributed by atoms with Crippen LogP contribution in [0.15, 0.2) is 47.4 Å². The summed E-state index contributed by atoms with van der Waals surface area (Å²) in [6.45, 7) is 8.06. The molecule has 2 atom stereocenters. The lowest BCUT2D eigenvalue weighted by atomic mass is 9.81. The summed E-state index contributed by atoms with van der Waals surface area (Å²) in [6, 6.07) is 16.6. The highest BCUT2D eigenvalue weighted by Crippen LogP contribution is 2.45. The number of nitrogens with zero attached hydrogens (tertiary/aromatic N) is 2. The molecule has 0 spiro atoms. The summed E-state index contributed by atoms with van der Waals surface area (Å²) >= 11 is 1.81. The van der Waals surface area contributed by atoms with Crippen LogP contribution < -0.4 is 4.74 Å². The fourth-order valence-corrected chi connectivity index (χ4v) is 5.81. The second-order valence-electron chi connectivity index (χ2n) is 8.93. The van der Waals surface area contributed by atoms with Crippen LogP contribution in [0.3, 0.4) is 0 Å². The standard InChI is InChI=1S/C26H34N2O2S/c1-31-22-8-5-20(6-9-22)25-19-28-12-2-4-26(28)24-18-21(7-10-23(24)25)30-15-3-11-27-13-16-29-17-14-27/h5-10,18,25-26H,2-4,11-17,19H2,1H3/t25-,26+/m1/s1. The van der Waals surface area contributed by atoms with E-state index in [1.165, 1.54) is 41.0 Å². The number of hydrogen-bond donors (Lipinski definition) is 0. The van der Waals surface area contributed by atoms with E-state index in [9.17, 15) is 0 Å². The molecule has 31 heavy (non-hydrogen) atoms. The van der Waals surface area contributed by atoms with E-state index >= 15 is 0 Å². The molecule has 2 aromatic rings. The summed E-state index contributed by atoms with van der Waals surface area (Å²) in [5, 5.41) is 0. The molecule has 0 aliphatic carbocycles. The van der Waals surface area contributed by atoms with E-state index in [-0.39, 0.29) is 0 Å². The lowest BCUT2D eigenvalue weighted by molar-refractivity contribution is 0.0358. The van der Waals surface area contributed by atoms with Crippen molar-refractivity contribution in [3.05, 3.63) is 59.2 Å². The van der Waals surface area contributed by atoms with Crippen molar-refractivity contribution in [1.29, 1.82) is 0 Å². The first kappa shape index (κ1) is 21.3. The van der Waals surface area contributed by atoms with Crippen molar-refractivity contribution in [3.8, 4) is 5.75 Å². The number of benzene rings is 2. The van der Waals surface area contributed by atoms with Crippen molar-refractivity contribution in [2.75, 3.05) is 58.8 Å². The second-order valence-corrected chi connectivity index (χ2v) is 9.81. The van der Waals surface area contributed by atoms with Crippen LogP contribution in [0.25, 0.3) is 0 Å². The predicted octanol–water partition coefficient (Wildman–Crippen LogP) is 4.79. The lowest BCUT2D eigenvalue weighted by Crippen LogP contribution is -2.37. The average molecular weight is 439 g/mol. The quantitative estimate of drug-likeness (QED) is 0.457. The Morgan fingerprint density at radius 2 is 1.87 bits per heavy atom. The van der Waals surface area contributed by atoms with Crippen molar-refractivity contribution >= 4 is 11.8 Å². The maximum Gasteiger partial charge on any atom is 0.119 e. The molecule has 5 heteroatoms. The topological polar surface area (TPSA) is 24.9 Å². The summed E-state index contributed by atoms with van der Waals surface area (Å²) < 4.78 is 11.6. The van der Waals surface area contributed by atoms with Gasteiger partial charge in [-0.2, -0.15) is 0 Å². The zero-order valence-electron chi connectivity index (χ0n) is 18.6. The number of morpholine rings is 1. The van der Waals surface area contributed by atoms with Gasteiger partial charge in [0.05, 0.1) is 19.8 Å². The van der Waals surface area contributed by atoms with Crippen LogP contribution in [-0.2, 0) is 4.74 Å². The smallest absolute Gasteiger partial charge is 0.119 e. The molecule has 0 bridgehead atoms. The molecule has 2 saturated heterocycles. The highest BCUT2D eigenvalue weighted by Gasteiger charge is 2.36. The third-order valence-corrected chi connectivity index (χ3v) is 7.83. The molecule has 5 rings (SSSR count). The van der Waals surface area contributed by atoms with E-state index in [0.29, 0.717) is 12.0 Å². The van der Waals surface area contributed by atoms with Crippen molar-refractivity contribution in [1.82, 2.24) is 9.80 Å². The van der Waals surface area contributed by atoms with E-state index in [0.717, 1.165) is 58.2 Å². The predicted molar refractivity (Wildman–Crippen MR) is 127 cm³/mol. The van der Waals surface area contributed by atoms with Gasteiger partial charge in [-0.05, 0) is 73.0 Å². The minimum atomic E-state index is 0.454. The van der Waals surface area contributed by atoms with E-state index in [1.54, 1.807) is 0 Å². The molecule has 0 radical (unpaired) electrons. The summed E-state index contributed by atoms with van der Waals surface area (Å²) in [5.74, 6) is 1.49. The Morgan fingerprint density at radius 1 is 1.03 bits per heavy atom. The van der Waals surface area contributed by atoms with Crippen molar-refractivity contribution in [3.63, 3.8) is 0 Å². The summed E-state index contributed by atoms with van der Waals surface area (Å²) in [5.41, 5.74) is 4.43. The number of rotatable bonds is 7. The molecule has 3 aliphatic rings. The van der Waals surface area contributed by atoms with Crippen molar-refractivity contribution in [2.24, 2.45) is 0 Å². The van der Waals surface area contributed by atoms with Gasteiger partial charge in [-0.3, -0.25) is 9.80 Å². The lowest BCUT2D eigenvalue weighted by Gasteiger charge is -2.37. The molecule has 0 amide bonds. The molecular weight excluding hydrogens is 404 g/mol. The number of thioether (sulfide) groups is 1. The Labute approximate surface area is 190 Å². The van der Waals surface area contributed by atoms with Gasteiger partial charge in [0.25, 0.3) is 0 Å². The SMILES string of the molecule is CSc1ccc([C@H]2CN3CCC[C@H]3c3cc(OCCCN4CCOCC4)ccc32)cc1. The largest absolute Gasteiger partial charge is 0.494 e. The fraction of sp³-hybridized carbons (Fsp3) is 0.538. The molecule has 3 heterocycles. The van der Waals surface area contributed by atoms with Crippen LogP contribution in [0, 0.1) is 0 Å². The Kier molecular flexibility index (Phi) is 6.84. The van der Waals surface area contributed by atoms with Gasteiger partial charge in [0.1, 0.15) is 5.75 Å². The van der Waals surface area contributed by atoms with Crippen LogP contribution >= 0.6 is 11.8 Å². The highest BCUT2D eigenvalue weighted by molar-refractivity contribution is 7.98. The Bertz CT molecular complexity index is 866. The van der Waals surface area contributed by atoms with Crippen molar-refractivity contribution in [2.45, 2.75) is 36.1 Å². The van der Waals surface area contributed by atoms with Gasteiger partial charge in [-0.25, -0.2) is 0 Å². The van der Waals surface area contributed by atoms with Crippen LogP contribution in [-0.4, -0.2) is 68.6 Å². The third-order valence-electron chi connectivity index (χ3n) is 7.08. The molecule has 2 fully saturated rings. The van der Waals surface area contributed by atoms with E-state index in [1.807, 2.05) is 11.8 Å². The highest BCUT2D eigenvalue weighted by atomic mass is 32.2. The van der Waals surface area contributed by atoms with Gasteiger partial charge < -0.3 is 9.47 Å². The molecule has 3 aliphatic heterocycles. The van der Waals surface area contributed by atoms with Crippen LogP contribution in [0.5, 0.6) is 5.75 Å². The summed E-state index contributed by atoms with van der Waals surface area (Å²) in [6.07, 6.45) is 5.78. The second kappa shape index (κ2) is 9.95. The maximum atomic E-state index is 6.20. The number of ether oxygens (including phenoxy) is 2. The van der Waals surface area contributed by atoms with Gasteiger partial charge in [0.2, 0.25) is 0 Å². The number of fused-ring (bicyclic) bond motifs is 3. The normalized spacial score (nSPS) is 24.0. The van der Waals surface area contributed by atoms with Crippen LogP contribution in [0.2, 0.25) is 0 Å². The first-order valence-corrected chi connectivity index (χ1v) is 13.0. The number of hydrogen-bond acceptors (Lipinski definition) is 5. The Morgan fingerprint density at radius 3 is 2.68 bits per heavy atom. The van der Waals surface area contributed by atoms with Gasteiger partial charge in [-0.1, -0.05) is 18.2 Å². The average Bonchev–Trinajstić information content (AvgIpc) is 3.31. The first-order valence-electron chi connectivity index (χ1n) is 11.8. The summed E-state index contributed by atoms with van der Waals surface area (Å²) in [4.78, 5) is 6.50. The zero-order valence-corrected chi connectivity index (χ0v) is 19.4. The minimum Gasteiger partial charge on any atom is -0.494 e. The minimum absolute atomic E-state index is 0.454. The van der Waals surface area contributed by atoms with E-state index < -0.39 is 0 Å². The van der Waals surface area contributed by atoms with E-state index in [4.69, 9.17) is 9.47 Å². The molecule has 0 saturated carbocycles. The molecule has 0 unspecified atom stereocenters. The van der Waals surface area contributed by atoms with Gasteiger partial charge >= 0.3 is 0 Å². The van der Waals surface area contributed by atoms with E-state index in [2.05, 4.69) is 58.5 Å². The Balaban J connectivity index is 1.29. The Hall–Kier alpha value is -1.53. The van der Waals surface area contributed by atoms with Crippen LogP contribution in [0.1, 0.15) is 47.9 Å². The third kappa shape index (κ3) is 4.80. The fourth-order valence-electron chi connectivity index (χ4n) is 5.40.